The lowest BCUT2D eigenvalue weighted by Crippen LogP contribution is -2.69. The summed E-state index contributed by atoms with van der Waals surface area (Å²) in [5.41, 5.74) is -5.98. The molecule has 3 N–H and O–H groups in total. The first-order valence-corrected chi connectivity index (χ1v) is 7.84. The molecule has 11 heteroatoms. The number of methoxy groups -OCH3 is 3. The normalized spacial score (nSPS) is 42.0. The highest BCUT2D eigenvalue weighted by atomic mass is 16.8. The number of carbonyl (C=O) groups is 3. The van der Waals surface area contributed by atoms with Crippen molar-refractivity contribution in [1.29, 1.82) is 0 Å². The standard InChI is InChI=1S/C15H22O11/c1-5-6-13(24-4)7(16)8(17)15(26-13)12(20)25-9(10(18)22-2)14(15,21)11(19)23-3/h7-9,16-17,21H,5-6H2,1-4H3/t7-,8-,9?,13+,14+,15+/m1/s1. The largest absolute Gasteiger partial charge is 0.467 e. The van der Waals surface area contributed by atoms with Gasteiger partial charge in [0.05, 0.1) is 14.2 Å². The summed E-state index contributed by atoms with van der Waals surface area (Å²) >= 11 is 0. The molecule has 0 aromatic rings. The van der Waals surface area contributed by atoms with Crippen LogP contribution in [0.2, 0.25) is 0 Å². The lowest BCUT2D eigenvalue weighted by molar-refractivity contribution is -0.285. The fourth-order valence-electron chi connectivity index (χ4n) is 3.50. The van der Waals surface area contributed by atoms with E-state index in [2.05, 4.69) is 9.47 Å². The van der Waals surface area contributed by atoms with E-state index in [1.54, 1.807) is 6.92 Å². The van der Waals surface area contributed by atoms with E-state index in [1.807, 2.05) is 0 Å². The maximum Gasteiger partial charge on any atom is 0.351 e. The Hall–Kier alpha value is -1.79. The molecular formula is C15H22O11. The Morgan fingerprint density at radius 3 is 2.23 bits per heavy atom. The molecule has 2 aliphatic rings. The van der Waals surface area contributed by atoms with Crippen LogP contribution in [0, 0.1) is 0 Å². The number of carbonyl (C=O) groups excluding carboxylic acids is 3. The summed E-state index contributed by atoms with van der Waals surface area (Å²) in [4.78, 5) is 36.9. The first-order chi connectivity index (χ1) is 12.1. The second kappa shape index (κ2) is 6.74. The van der Waals surface area contributed by atoms with Crippen LogP contribution in [-0.4, -0.2) is 89.9 Å². The van der Waals surface area contributed by atoms with Gasteiger partial charge in [0, 0.05) is 13.5 Å². The number of hydrogen-bond donors (Lipinski definition) is 3. The molecule has 0 radical (unpaired) electrons. The Labute approximate surface area is 148 Å². The van der Waals surface area contributed by atoms with Crippen LogP contribution in [0.1, 0.15) is 19.8 Å². The van der Waals surface area contributed by atoms with E-state index >= 15 is 0 Å². The van der Waals surface area contributed by atoms with Crippen LogP contribution in [0.3, 0.4) is 0 Å². The molecule has 2 rings (SSSR count). The van der Waals surface area contributed by atoms with E-state index in [4.69, 9.17) is 14.2 Å². The van der Waals surface area contributed by atoms with Gasteiger partial charge in [0.2, 0.25) is 11.7 Å². The van der Waals surface area contributed by atoms with Gasteiger partial charge in [-0.2, -0.15) is 0 Å². The lowest BCUT2D eigenvalue weighted by atomic mass is 9.76. The third kappa shape index (κ3) is 2.28. The van der Waals surface area contributed by atoms with Crippen LogP contribution in [0.5, 0.6) is 0 Å². The van der Waals surface area contributed by atoms with Crippen LogP contribution in [0.25, 0.3) is 0 Å². The number of ether oxygens (including phenoxy) is 5. The van der Waals surface area contributed by atoms with Gasteiger partial charge in [-0.3, -0.25) is 0 Å². The van der Waals surface area contributed by atoms with Crippen molar-refractivity contribution in [1.82, 2.24) is 0 Å². The molecule has 0 aromatic carbocycles. The van der Waals surface area contributed by atoms with Gasteiger partial charge in [-0.15, -0.1) is 0 Å². The number of esters is 3. The van der Waals surface area contributed by atoms with E-state index < -0.39 is 53.2 Å². The zero-order valence-electron chi connectivity index (χ0n) is 14.8. The van der Waals surface area contributed by atoms with Gasteiger partial charge < -0.3 is 39.0 Å². The first kappa shape index (κ1) is 20.5. The smallest absolute Gasteiger partial charge is 0.351 e. The average Bonchev–Trinajstić information content (AvgIpc) is 3.01. The second-order valence-corrected chi connectivity index (χ2v) is 6.06. The molecule has 0 aromatic heterocycles. The van der Waals surface area contributed by atoms with Crippen molar-refractivity contribution in [3.63, 3.8) is 0 Å². The minimum atomic E-state index is -3.12. The van der Waals surface area contributed by atoms with Crippen LogP contribution < -0.4 is 0 Å². The Morgan fingerprint density at radius 1 is 1.15 bits per heavy atom. The topological polar surface area (TPSA) is 158 Å². The van der Waals surface area contributed by atoms with Crippen LogP contribution in [0.4, 0.5) is 0 Å². The molecule has 2 saturated heterocycles. The van der Waals surface area contributed by atoms with E-state index in [-0.39, 0.29) is 6.42 Å². The quantitative estimate of drug-likeness (QED) is 0.346. The molecule has 0 saturated carbocycles. The predicted molar refractivity (Wildman–Crippen MR) is 79.3 cm³/mol. The molecule has 148 valence electrons. The fraction of sp³-hybridized carbons (Fsp3) is 0.800. The van der Waals surface area contributed by atoms with Crippen LogP contribution >= 0.6 is 0 Å². The molecule has 11 nitrogen and oxygen atoms in total. The molecule has 2 fully saturated rings. The summed E-state index contributed by atoms with van der Waals surface area (Å²) < 4.78 is 24.5. The Bertz CT molecular complexity index is 606. The SMILES string of the molecule is CCC[C@]1(OC)O[C@]2(C(=O)OC(C(=O)OC)[C@]2(O)C(=O)OC)[C@H](O)[C@H]1O. The molecule has 0 bridgehead atoms. The molecule has 2 heterocycles. The number of aliphatic hydroxyl groups is 3. The first-order valence-electron chi connectivity index (χ1n) is 7.84. The molecule has 6 atom stereocenters. The third-order valence-electron chi connectivity index (χ3n) is 4.83. The highest BCUT2D eigenvalue weighted by Gasteiger charge is 2.85. The van der Waals surface area contributed by atoms with Crippen molar-refractivity contribution < 1.29 is 53.4 Å². The van der Waals surface area contributed by atoms with E-state index in [1.165, 1.54) is 0 Å². The Morgan fingerprint density at radius 2 is 1.77 bits per heavy atom. The number of cyclic esters (lactones) is 1. The van der Waals surface area contributed by atoms with Crippen molar-refractivity contribution in [3.05, 3.63) is 0 Å². The van der Waals surface area contributed by atoms with Gasteiger partial charge in [0.15, 0.2) is 5.79 Å². The van der Waals surface area contributed by atoms with Gasteiger partial charge in [-0.05, 0) is 0 Å². The molecule has 26 heavy (non-hydrogen) atoms. The third-order valence-corrected chi connectivity index (χ3v) is 4.83. The van der Waals surface area contributed by atoms with Gasteiger partial charge in [-0.25, -0.2) is 14.4 Å². The van der Waals surface area contributed by atoms with Gasteiger partial charge in [-0.1, -0.05) is 13.3 Å². The summed E-state index contributed by atoms with van der Waals surface area (Å²) in [7, 11) is 2.98. The molecule has 0 amide bonds. The summed E-state index contributed by atoms with van der Waals surface area (Å²) in [5, 5.41) is 32.1. The minimum absolute atomic E-state index is 0.00308. The summed E-state index contributed by atoms with van der Waals surface area (Å²) in [6.07, 6.45) is -5.80. The molecule has 1 unspecified atom stereocenters. The van der Waals surface area contributed by atoms with E-state index in [0.29, 0.717) is 6.42 Å². The highest BCUT2D eigenvalue weighted by Crippen LogP contribution is 2.53. The average molecular weight is 378 g/mol. The maximum absolute atomic E-state index is 12.6. The van der Waals surface area contributed by atoms with Gasteiger partial charge in [0.25, 0.3) is 5.60 Å². The van der Waals surface area contributed by atoms with Crippen molar-refractivity contribution in [3.8, 4) is 0 Å². The highest BCUT2D eigenvalue weighted by molar-refractivity contribution is 6.03. The molecule has 0 aliphatic carbocycles. The van der Waals surface area contributed by atoms with Crippen molar-refractivity contribution in [2.45, 2.75) is 55.1 Å². The Balaban J connectivity index is 2.69. The second-order valence-electron chi connectivity index (χ2n) is 6.06. The van der Waals surface area contributed by atoms with Crippen molar-refractivity contribution >= 4 is 17.9 Å². The van der Waals surface area contributed by atoms with Crippen LogP contribution in [0.15, 0.2) is 0 Å². The number of hydrogen-bond acceptors (Lipinski definition) is 11. The van der Waals surface area contributed by atoms with E-state index in [9.17, 15) is 29.7 Å². The monoisotopic (exact) mass is 378 g/mol. The Kier molecular flexibility index (Phi) is 5.32. The maximum atomic E-state index is 12.6. The number of aliphatic hydroxyl groups excluding tert-OH is 2. The fourth-order valence-corrected chi connectivity index (χ4v) is 3.50. The molecule has 1 spiro atoms. The lowest BCUT2D eigenvalue weighted by Gasteiger charge is -2.36. The van der Waals surface area contributed by atoms with Gasteiger partial charge >= 0.3 is 17.9 Å². The van der Waals surface area contributed by atoms with Crippen molar-refractivity contribution in [2.75, 3.05) is 21.3 Å². The van der Waals surface area contributed by atoms with E-state index in [0.717, 1.165) is 21.3 Å². The molecular weight excluding hydrogens is 356 g/mol. The predicted octanol–water partition coefficient (Wildman–Crippen LogP) is -2.38. The number of rotatable bonds is 5. The zero-order valence-corrected chi connectivity index (χ0v) is 14.8. The van der Waals surface area contributed by atoms with Gasteiger partial charge in [0.1, 0.15) is 12.2 Å². The summed E-state index contributed by atoms with van der Waals surface area (Å²) in [5.74, 6) is -6.14. The summed E-state index contributed by atoms with van der Waals surface area (Å²) in [6, 6.07) is 0. The summed E-state index contributed by atoms with van der Waals surface area (Å²) in [6.45, 7) is 1.71. The minimum Gasteiger partial charge on any atom is -0.467 e. The molecule has 2 aliphatic heterocycles. The van der Waals surface area contributed by atoms with Crippen molar-refractivity contribution in [2.24, 2.45) is 0 Å². The van der Waals surface area contributed by atoms with Crippen LogP contribution in [-0.2, 0) is 38.1 Å². The zero-order chi connectivity index (χ0) is 19.9.